The molecular formula is C26H28ClN5O3. The first-order chi connectivity index (χ1) is 17.0. The molecule has 0 spiro atoms. The van der Waals surface area contributed by atoms with Crippen molar-refractivity contribution in [1.82, 2.24) is 20.2 Å². The van der Waals surface area contributed by atoms with Gasteiger partial charge in [-0.05, 0) is 49.6 Å². The lowest BCUT2D eigenvalue weighted by Crippen LogP contribution is -2.49. The average molecular weight is 494 g/mol. The van der Waals surface area contributed by atoms with Crippen molar-refractivity contribution in [3.8, 4) is 0 Å². The van der Waals surface area contributed by atoms with Crippen molar-refractivity contribution in [2.45, 2.75) is 38.1 Å². The second-order valence-corrected chi connectivity index (χ2v) is 9.58. The van der Waals surface area contributed by atoms with Gasteiger partial charge < -0.3 is 20.1 Å². The third-order valence-corrected chi connectivity index (χ3v) is 7.17. The van der Waals surface area contributed by atoms with Crippen molar-refractivity contribution in [3.05, 3.63) is 69.2 Å². The number of nitrogens with one attached hydrogen (secondary N) is 2. The number of carbonyl (C=O) groups is 2. The Morgan fingerprint density at radius 1 is 1.09 bits per heavy atom. The summed E-state index contributed by atoms with van der Waals surface area (Å²) in [5.41, 5.74) is 1.89. The van der Waals surface area contributed by atoms with Gasteiger partial charge in [0.2, 0.25) is 5.91 Å². The van der Waals surface area contributed by atoms with Gasteiger partial charge in [-0.2, -0.15) is 4.98 Å². The third kappa shape index (κ3) is 5.17. The molecule has 3 aromatic rings. The van der Waals surface area contributed by atoms with Gasteiger partial charge in [0.1, 0.15) is 5.82 Å². The number of aromatic nitrogens is 2. The van der Waals surface area contributed by atoms with E-state index in [0.29, 0.717) is 54.4 Å². The van der Waals surface area contributed by atoms with E-state index in [1.807, 2.05) is 29.2 Å². The molecule has 35 heavy (non-hydrogen) atoms. The van der Waals surface area contributed by atoms with E-state index in [9.17, 15) is 14.4 Å². The van der Waals surface area contributed by atoms with Crippen LogP contribution in [0.15, 0.2) is 47.3 Å². The highest BCUT2D eigenvalue weighted by atomic mass is 35.5. The summed E-state index contributed by atoms with van der Waals surface area (Å²) in [5, 5.41) is 4.12. The Morgan fingerprint density at radius 3 is 2.57 bits per heavy atom. The number of fused-ring (bicyclic) bond motifs is 1. The second-order valence-electron chi connectivity index (χ2n) is 9.17. The van der Waals surface area contributed by atoms with Crippen molar-refractivity contribution in [2.24, 2.45) is 0 Å². The first kappa shape index (κ1) is 23.4. The van der Waals surface area contributed by atoms with Gasteiger partial charge in [-0.3, -0.25) is 14.4 Å². The molecule has 8 nitrogen and oxygen atoms in total. The molecule has 1 saturated carbocycles. The van der Waals surface area contributed by atoms with Gasteiger partial charge in [0.15, 0.2) is 0 Å². The molecule has 2 aliphatic rings. The normalized spacial score (nSPS) is 16.3. The molecule has 9 heteroatoms. The van der Waals surface area contributed by atoms with Crippen molar-refractivity contribution in [2.75, 3.05) is 31.1 Å². The highest BCUT2D eigenvalue weighted by Crippen LogP contribution is 2.28. The minimum Gasteiger partial charge on any atom is -0.367 e. The van der Waals surface area contributed by atoms with E-state index >= 15 is 0 Å². The molecule has 5 rings (SSSR count). The molecule has 2 heterocycles. The zero-order chi connectivity index (χ0) is 24.4. The SMILES string of the molecule is O=C(NC1CCC1)c1ccc(N2CCN(C(=O)CCc3nc(=O)c4ccccc4[nH]3)CC2)c(Cl)c1. The summed E-state index contributed by atoms with van der Waals surface area (Å²) >= 11 is 6.52. The highest BCUT2D eigenvalue weighted by Gasteiger charge is 2.24. The lowest BCUT2D eigenvalue weighted by molar-refractivity contribution is -0.131. The number of halogens is 1. The fourth-order valence-electron chi connectivity index (χ4n) is 4.57. The van der Waals surface area contributed by atoms with Crippen LogP contribution in [-0.4, -0.2) is 58.9 Å². The molecule has 2 fully saturated rings. The monoisotopic (exact) mass is 493 g/mol. The largest absolute Gasteiger partial charge is 0.367 e. The van der Waals surface area contributed by atoms with E-state index < -0.39 is 0 Å². The van der Waals surface area contributed by atoms with E-state index in [1.54, 1.807) is 18.2 Å². The number of anilines is 1. The Balaban J connectivity index is 1.15. The van der Waals surface area contributed by atoms with Crippen molar-refractivity contribution in [3.63, 3.8) is 0 Å². The van der Waals surface area contributed by atoms with Gasteiger partial charge in [0, 0.05) is 50.6 Å². The number of benzene rings is 2. The molecule has 1 saturated heterocycles. The Kier molecular flexibility index (Phi) is 6.72. The van der Waals surface area contributed by atoms with Crippen LogP contribution < -0.4 is 15.8 Å². The number of nitrogens with zero attached hydrogens (tertiary/aromatic N) is 3. The Hall–Kier alpha value is -3.39. The summed E-state index contributed by atoms with van der Waals surface area (Å²) in [6.45, 7) is 2.48. The lowest BCUT2D eigenvalue weighted by Gasteiger charge is -2.36. The Morgan fingerprint density at radius 2 is 1.86 bits per heavy atom. The molecular weight excluding hydrogens is 466 g/mol. The number of carbonyl (C=O) groups excluding carboxylic acids is 2. The predicted molar refractivity (Wildman–Crippen MR) is 136 cm³/mol. The summed E-state index contributed by atoms with van der Waals surface area (Å²) in [5.74, 6) is 0.476. The summed E-state index contributed by atoms with van der Waals surface area (Å²) in [6, 6.07) is 12.9. The van der Waals surface area contributed by atoms with Gasteiger partial charge in [0.25, 0.3) is 11.5 Å². The van der Waals surface area contributed by atoms with Crippen LogP contribution in [0, 0.1) is 0 Å². The van der Waals surface area contributed by atoms with Gasteiger partial charge in [-0.1, -0.05) is 23.7 Å². The van der Waals surface area contributed by atoms with Crippen molar-refractivity contribution in [1.29, 1.82) is 0 Å². The van der Waals surface area contributed by atoms with E-state index in [4.69, 9.17) is 11.6 Å². The highest BCUT2D eigenvalue weighted by molar-refractivity contribution is 6.33. The van der Waals surface area contributed by atoms with E-state index in [2.05, 4.69) is 20.2 Å². The van der Waals surface area contributed by atoms with Gasteiger partial charge in [-0.25, -0.2) is 0 Å². The first-order valence-corrected chi connectivity index (χ1v) is 12.5. The summed E-state index contributed by atoms with van der Waals surface area (Å²) in [7, 11) is 0. The third-order valence-electron chi connectivity index (χ3n) is 6.87. The molecule has 2 N–H and O–H groups in total. The number of amides is 2. The number of para-hydroxylation sites is 1. The van der Waals surface area contributed by atoms with Gasteiger partial charge >= 0.3 is 0 Å². The Bertz CT molecular complexity index is 1310. The zero-order valence-corrected chi connectivity index (χ0v) is 20.2. The minimum atomic E-state index is -0.279. The molecule has 2 aromatic carbocycles. The van der Waals surface area contributed by atoms with Crippen LogP contribution in [0.4, 0.5) is 5.69 Å². The minimum absolute atomic E-state index is 0.0366. The molecule has 0 unspecified atom stereocenters. The molecule has 1 aromatic heterocycles. The number of piperazine rings is 1. The number of hydrogen-bond donors (Lipinski definition) is 2. The quantitative estimate of drug-likeness (QED) is 0.549. The topological polar surface area (TPSA) is 98.4 Å². The number of aryl methyl sites for hydroxylation is 1. The maximum atomic E-state index is 12.8. The first-order valence-electron chi connectivity index (χ1n) is 12.1. The molecule has 0 atom stereocenters. The summed E-state index contributed by atoms with van der Waals surface area (Å²) < 4.78 is 0. The lowest BCUT2D eigenvalue weighted by atomic mass is 9.93. The summed E-state index contributed by atoms with van der Waals surface area (Å²) in [6.07, 6.45) is 3.91. The standard InChI is InChI=1S/C26H28ClN5O3/c27-20-16-17(25(34)28-18-4-3-5-18)8-9-22(20)31-12-14-32(15-13-31)24(33)11-10-23-29-21-7-2-1-6-19(21)26(35)30-23/h1-2,6-9,16,18H,3-5,10-15H2,(H,28,34)(H,29,30,35). The molecule has 0 radical (unpaired) electrons. The van der Waals surface area contributed by atoms with Crippen LogP contribution in [0.1, 0.15) is 41.9 Å². The maximum absolute atomic E-state index is 12.8. The Labute approximate surface area is 208 Å². The number of rotatable bonds is 6. The van der Waals surface area contributed by atoms with E-state index in [1.165, 1.54) is 6.42 Å². The predicted octanol–water partition coefficient (Wildman–Crippen LogP) is 3.14. The van der Waals surface area contributed by atoms with Crippen molar-refractivity contribution >= 4 is 40.0 Å². The summed E-state index contributed by atoms with van der Waals surface area (Å²) in [4.78, 5) is 48.6. The fourth-order valence-corrected chi connectivity index (χ4v) is 4.87. The van der Waals surface area contributed by atoms with Crippen LogP contribution in [0.25, 0.3) is 10.9 Å². The van der Waals surface area contributed by atoms with Crippen LogP contribution in [-0.2, 0) is 11.2 Å². The van der Waals surface area contributed by atoms with Crippen LogP contribution >= 0.6 is 11.6 Å². The number of aromatic amines is 1. The van der Waals surface area contributed by atoms with Gasteiger partial charge in [-0.15, -0.1) is 0 Å². The smallest absolute Gasteiger partial charge is 0.280 e. The van der Waals surface area contributed by atoms with Gasteiger partial charge in [0.05, 0.1) is 21.6 Å². The van der Waals surface area contributed by atoms with Crippen LogP contribution in [0.3, 0.4) is 0 Å². The van der Waals surface area contributed by atoms with Crippen molar-refractivity contribution < 1.29 is 9.59 Å². The van der Waals surface area contributed by atoms with Crippen LogP contribution in [0.2, 0.25) is 5.02 Å². The molecule has 1 aliphatic heterocycles. The number of hydrogen-bond acceptors (Lipinski definition) is 5. The molecule has 2 amide bonds. The van der Waals surface area contributed by atoms with Crippen LogP contribution in [0.5, 0.6) is 0 Å². The molecule has 0 bridgehead atoms. The molecule has 182 valence electrons. The molecule has 1 aliphatic carbocycles. The number of H-pyrrole nitrogens is 1. The second kappa shape index (κ2) is 10.1. The average Bonchev–Trinajstić information content (AvgIpc) is 2.85. The maximum Gasteiger partial charge on any atom is 0.280 e. The zero-order valence-electron chi connectivity index (χ0n) is 19.4. The van der Waals surface area contributed by atoms with E-state index in [-0.39, 0.29) is 29.8 Å². The van der Waals surface area contributed by atoms with E-state index in [0.717, 1.165) is 24.0 Å². The fraction of sp³-hybridized carbons (Fsp3) is 0.385.